The van der Waals surface area contributed by atoms with E-state index in [1.54, 1.807) is 0 Å². The summed E-state index contributed by atoms with van der Waals surface area (Å²) in [6.07, 6.45) is -1.12. The summed E-state index contributed by atoms with van der Waals surface area (Å²) in [6.45, 7) is -0.465. The van der Waals surface area contributed by atoms with E-state index in [-0.39, 0.29) is 18.2 Å². The lowest BCUT2D eigenvalue weighted by atomic mass is 10.2. The zero-order valence-corrected chi connectivity index (χ0v) is 12.6. The Kier molecular flexibility index (Phi) is 3.96. The van der Waals surface area contributed by atoms with Gasteiger partial charge in [-0.15, -0.1) is 0 Å². The molecular weight excluding hydrogens is 332 g/mol. The molecule has 1 fully saturated rings. The van der Waals surface area contributed by atoms with Crippen LogP contribution in [0, 0.1) is 0 Å². The first-order valence-corrected chi connectivity index (χ1v) is 8.07. The predicted molar refractivity (Wildman–Crippen MR) is 76.7 cm³/mol. The number of nitrogens with two attached hydrogens (primary N) is 2. The Labute approximate surface area is 129 Å². The fraction of sp³-hybridized carbons (Fsp3) is 0.500. The summed E-state index contributed by atoms with van der Waals surface area (Å²) >= 11 is 0. The number of phosphoric ester groups is 1. The molecule has 13 heteroatoms. The SMILES string of the molecule is Nc1nc([15NH2])nc2c1ncn2[C@H]1C[C@H](OP(=O)(O)O)[C@@H](CO)O1. The number of ether oxygens (including phenoxy) is 1. The van der Waals surface area contributed by atoms with E-state index in [1.807, 2.05) is 0 Å². The van der Waals surface area contributed by atoms with Crippen molar-refractivity contribution in [2.45, 2.75) is 24.9 Å². The first-order chi connectivity index (χ1) is 10.8. The Morgan fingerprint density at radius 1 is 1.43 bits per heavy atom. The van der Waals surface area contributed by atoms with Gasteiger partial charge in [0.25, 0.3) is 0 Å². The molecular formula is C10H15N6O6P. The van der Waals surface area contributed by atoms with Gasteiger partial charge in [0.05, 0.1) is 12.9 Å². The van der Waals surface area contributed by atoms with Crippen molar-refractivity contribution in [1.82, 2.24) is 19.5 Å². The lowest BCUT2D eigenvalue weighted by Crippen LogP contribution is -2.26. The van der Waals surface area contributed by atoms with Gasteiger partial charge in [-0.2, -0.15) is 9.97 Å². The molecule has 126 valence electrons. The summed E-state index contributed by atoms with van der Waals surface area (Å²) in [6, 6.07) is 0. The number of hydrogen-bond acceptors (Lipinski definition) is 9. The number of anilines is 2. The maximum Gasteiger partial charge on any atom is 0.469 e. The summed E-state index contributed by atoms with van der Waals surface area (Å²) in [7, 11) is -4.71. The van der Waals surface area contributed by atoms with Gasteiger partial charge in [0.2, 0.25) is 5.95 Å². The zero-order valence-electron chi connectivity index (χ0n) is 11.7. The molecule has 0 saturated carbocycles. The quantitative estimate of drug-likeness (QED) is 0.328. The third-order valence-corrected chi connectivity index (χ3v) is 3.95. The molecule has 1 aliphatic rings. The highest BCUT2D eigenvalue weighted by molar-refractivity contribution is 7.46. The standard InChI is InChI=1S/C10H15N6O6P/c11-8-7-9(15-10(12)14-8)16(3-13-7)6-1-4(5(2-17)21-6)22-23(18,19)20/h3-6,17H,1-2H2,(H2,18,19,20)(H4,11,12,14,15)/t4-,5+,6+/m0/s1/i12+1. The Bertz CT molecular complexity index is 777. The summed E-state index contributed by atoms with van der Waals surface area (Å²) in [4.78, 5) is 29.8. The van der Waals surface area contributed by atoms with E-state index in [4.69, 9.17) is 26.0 Å². The minimum atomic E-state index is -4.71. The second-order valence-corrected chi connectivity index (χ2v) is 6.16. The van der Waals surface area contributed by atoms with Crippen LogP contribution in [-0.2, 0) is 13.8 Å². The highest BCUT2D eigenvalue weighted by Gasteiger charge is 2.40. The highest BCUT2D eigenvalue weighted by Crippen LogP contribution is 2.43. The van der Waals surface area contributed by atoms with Crippen LogP contribution in [0.1, 0.15) is 12.6 Å². The number of aromatic nitrogens is 4. The molecule has 7 N–H and O–H groups in total. The Hall–Kier alpha value is -1.82. The smallest absolute Gasteiger partial charge is 0.394 e. The van der Waals surface area contributed by atoms with Crippen molar-refractivity contribution < 1.29 is 28.7 Å². The van der Waals surface area contributed by atoms with Gasteiger partial charge in [0, 0.05) is 6.42 Å². The molecule has 0 bridgehead atoms. The van der Waals surface area contributed by atoms with E-state index in [0.29, 0.717) is 11.2 Å². The van der Waals surface area contributed by atoms with E-state index >= 15 is 0 Å². The van der Waals surface area contributed by atoms with Crippen molar-refractivity contribution in [3.63, 3.8) is 0 Å². The monoisotopic (exact) mass is 347 g/mol. The van der Waals surface area contributed by atoms with Crippen LogP contribution in [0.15, 0.2) is 6.33 Å². The van der Waals surface area contributed by atoms with Gasteiger partial charge in [0.1, 0.15) is 24.0 Å². The Balaban J connectivity index is 1.92. The number of hydrogen-bond donors (Lipinski definition) is 5. The molecule has 0 aliphatic carbocycles. The second kappa shape index (κ2) is 5.67. The number of aliphatic hydroxyl groups excluding tert-OH is 1. The number of imidazole rings is 1. The number of nitrogen functional groups attached to an aromatic ring is 2. The molecule has 0 amide bonds. The molecule has 1 aliphatic heterocycles. The van der Waals surface area contributed by atoms with Crippen molar-refractivity contribution in [1.29, 1.82) is 0 Å². The first-order valence-electron chi connectivity index (χ1n) is 6.54. The lowest BCUT2D eigenvalue weighted by Gasteiger charge is -2.16. The zero-order chi connectivity index (χ0) is 16.8. The van der Waals surface area contributed by atoms with Crippen LogP contribution >= 0.6 is 7.82 Å². The van der Waals surface area contributed by atoms with E-state index in [0.717, 1.165) is 0 Å². The number of rotatable bonds is 4. The molecule has 3 atom stereocenters. The van der Waals surface area contributed by atoms with Crippen LogP contribution < -0.4 is 11.5 Å². The highest BCUT2D eigenvalue weighted by atomic mass is 31.2. The average Bonchev–Trinajstić information content (AvgIpc) is 3.00. The van der Waals surface area contributed by atoms with Crippen LogP contribution in [-0.4, -0.2) is 53.2 Å². The van der Waals surface area contributed by atoms with Gasteiger partial charge in [-0.05, 0) is 0 Å². The van der Waals surface area contributed by atoms with Crippen LogP contribution in [0.2, 0.25) is 0 Å². The maximum absolute atomic E-state index is 11.0. The van der Waals surface area contributed by atoms with Crippen molar-refractivity contribution >= 4 is 30.8 Å². The molecule has 0 spiro atoms. The largest absolute Gasteiger partial charge is 0.469 e. The minimum Gasteiger partial charge on any atom is -0.394 e. The van der Waals surface area contributed by atoms with Crippen molar-refractivity contribution in [3.8, 4) is 0 Å². The molecule has 23 heavy (non-hydrogen) atoms. The summed E-state index contributed by atoms with van der Waals surface area (Å²) < 4.78 is 22.7. The molecule has 1 saturated heterocycles. The molecule has 0 radical (unpaired) electrons. The van der Waals surface area contributed by atoms with E-state index in [9.17, 15) is 9.67 Å². The number of phosphoric acid groups is 1. The van der Waals surface area contributed by atoms with Crippen LogP contribution in [0.4, 0.5) is 11.8 Å². The summed E-state index contributed by atoms with van der Waals surface area (Å²) in [5.74, 6) is 0.0578. The molecule has 0 unspecified atom stereocenters. The van der Waals surface area contributed by atoms with Crippen molar-refractivity contribution in [2.75, 3.05) is 18.1 Å². The molecule has 2 aromatic rings. The summed E-state index contributed by atoms with van der Waals surface area (Å²) in [5, 5.41) is 9.30. The topological polar surface area (TPSA) is 192 Å². The molecule has 0 aromatic carbocycles. The Morgan fingerprint density at radius 2 is 2.17 bits per heavy atom. The molecule has 3 heterocycles. The fourth-order valence-electron chi connectivity index (χ4n) is 2.49. The van der Waals surface area contributed by atoms with Gasteiger partial charge >= 0.3 is 7.82 Å². The number of aliphatic hydroxyl groups is 1. The lowest BCUT2D eigenvalue weighted by molar-refractivity contribution is -0.0425. The van der Waals surface area contributed by atoms with Gasteiger partial charge in [-0.3, -0.25) is 9.09 Å². The van der Waals surface area contributed by atoms with Crippen molar-refractivity contribution in [2.24, 2.45) is 0 Å². The van der Waals surface area contributed by atoms with Crippen LogP contribution in [0.25, 0.3) is 11.2 Å². The molecule has 2 aromatic heterocycles. The predicted octanol–water partition coefficient (Wildman–Crippen LogP) is -1.25. The number of nitrogens with zero attached hydrogens (tertiary/aromatic N) is 4. The Morgan fingerprint density at radius 3 is 2.83 bits per heavy atom. The second-order valence-electron chi connectivity index (χ2n) is 4.97. The van der Waals surface area contributed by atoms with Gasteiger partial charge in [-0.1, -0.05) is 0 Å². The van der Waals surface area contributed by atoms with Crippen LogP contribution in [0.5, 0.6) is 0 Å². The van der Waals surface area contributed by atoms with E-state index < -0.39 is 32.9 Å². The third-order valence-electron chi connectivity index (χ3n) is 3.41. The van der Waals surface area contributed by atoms with Gasteiger partial charge < -0.3 is 31.1 Å². The normalized spacial score (nSPS) is 25.3. The average molecular weight is 347 g/mol. The summed E-state index contributed by atoms with van der Waals surface area (Å²) in [5.41, 5.74) is 11.9. The van der Waals surface area contributed by atoms with E-state index in [1.165, 1.54) is 10.9 Å². The minimum absolute atomic E-state index is 0.0449. The van der Waals surface area contributed by atoms with E-state index in [2.05, 4.69) is 19.5 Å². The van der Waals surface area contributed by atoms with Crippen LogP contribution in [0.3, 0.4) is 0 Å². The molecule has 3 rings (SSSR count). The fourth-order valence-corrected chi connectivity index (χ4v) is 3.06. The van der Waals surface area contributed by atoms with Gasteiger partial charge in [-0.25, -0.2) is 9.55 Å². The third kappa shape index (κ3) is 3.13. The number of fused-ring (bicyclic) bond motifs is 1. The van der Waals surface area contributed by atoms with Gasteiger partial charge in [0.15, 0.2) is 11.5 Å². The maximum atomic E-state index is 11.0. The first kappa shape index (κ1) is 16.1. The molecule has 12 nitrogen and oxygen atoms in total. The van der Waals surface area contributed by atoms with Crippen molar-refractivity contribution in [3.05, 3.63) is 6.33 Å².